The van der Waals surface area contributed by atoms with Gasteiger partial charge < -0.3 is 10.3 Å². The second-order valence-electron chi connectivity index (χ2n) is 9.51. The van der Waals surface area contributed by atoms with E-state index in [1.807, 2.05) is 43.8 Å². The molecule has 4 heterocycles. The summed E-state index contributed by atoms with van der Waals surface area (Å²) in [6, 6.07) is 8.10. The van der Waals surface area contributed by atoms with Gasteiger partial charge in [0.15, 0.2) is 5.65 Å². The zero-order chi connectivity index (χ0) is 25.4. The van der Waals surface area contributed by atoms with E-state index in [1.54, 1.807) is 10.8 Å². The lowest BCUT2D eigenvalue weighted by atomic mass is 9.91. The first-order valence-corrected chi connectivity index (χ1v) is 12.5. The van der Waals surface area contributed by atoms with Crippen LogP contribution in [0.25, 0.3) is 22.6 Å². The first-order valence-electron chi connectivity index (χ1n) is 12.5. The molecule has 0 bridgehead atoms. The van der Waals surface area contributed by atoms with Crippen LogP contribution in [0, 0.1) is 12.8 Å². The Kier molecular flexibility index (Phi) is 6.34. The minimum atomic E-state index is -0.358. The number of benzene rings is 1. The van der Waals surface area contributed by atoms with Gasteiger partial charge in [0.05, 0.1) is 17.8 Å². The molecule has 1 saturated heterocycles. The van der Waals surface area contributed by atoms with Crippen molar-refractivity contribution in [2.24, 2.45) is 5.92 Å². The molecule has 0 aliphatic carbocycles. The highest BCUT2D eigenvalue weighted by molar-refractivity contribution is 5.78. The zero-order valence-electron chi connectivity index (χ0n) is 20.8. The number of rotatable bonds is 8. The Balaban J connectivity index is 1.60. The zero-order valence-corrected chi connectivity index (χ0v) is 20.8. The van der Waals surface area contributed by atoms with Crippen LogP contribution < -0.4 is 16.6 Å². The molecule has 1 aliphatic rings. The van der Waals surface area contributed by atoms with E-state index in [9.17, 15) is 14.4 Å². The Bertz CT molecular complexity index is 1540. The lowest BCUT2D eigenvalue weighted by molar-refractivity contribution is -0.119. The Hall–Kier alpha value is -3.95. The maximum Gasteiger partial charge on any atom is 0.332 e. The average Bonchev–Trinajstić information content (AvgIpc) is 3.60. The summed E-state index contributed by atoms with van der Waals surface area (Å²) in [5.41, 5.74) is 2.92. The highest BCUT2D eigenvalue weighted by Crippen LogP contribution is 2.32. The van der Waals surface area contributed by atoms with Gasteiger partial charge >= 0.3 is 5.69 Å². The van der Waals surface area contributed by atoms with Crippen LogP contribution in [0.4, 0.5) is 0 Å². The summed E-state index contributed by atoms with van der Waals surface area (Å²) in [6.07, 6.45) is 5.45. The number of carbonyl (C=O) groups excluding carboxylic acids is 1. The van der Waals surface area contributed by atoms with Crippen LogP contribution in [0.3, 0.4) is 0 Å². The Morgan fingerprint density at radius 2 is 1.89 bits per heavy atom. The van der Waals surface area contributed by atoms with Gasteiger partial charge in [0.25, 0.3) is 5.56 Å². The van der Waals surface area contributed by atoms with Crippen LogP contribution in [0.1, 0.15) is 50.3 Å². The van der Waals surface area contributed by atoms with E-state index in [0.29, 0.717) is 55.0 Å². The average molecular weight is 490 g/mol. The highest BCUT2D eigenvalue weighted by atomic mass is 16.2. The number of aromatic nitrogens is 6. The number of fused-ring (bicyclic) bond motifs is 1. The molecule has 3 aromatic heterocycles. The minimum absolute atomic E-state index is 0.0413. The first-order chi connectivity index (χ1) is 17.4. The topological polar surface area (TPSA) is 120 Å². The number of amides is 1. The molecule has 2 N–H and O–H groups in total. The molecule has 0 radical (unpaired) electrons. The van der Waals surface area contributed by atoms with Gasteiger partial charge in [-0.05, 0) is 25.3 Å². The number of hydrogen-bond acceptors (Lipinski definition) is 5. The van der Waals surface area contributed by atoms with Crippen molar-refractivity contribution >= 4 is 17.1 Å². The maximum atomic E-state index is 13.1. The van der Waals surface area contributed by atoms with Gasteiger partial charge in [-0.15, -0.1) is 0 Å². The SMILES string of the molecule is CCCn1c(=O)c2[nH]c(-c3cnn(C(c4cccc(C)c4)C4CNC(=O)C4)c3)nc2n(CCC)c1=O. The van der Waals surface area contributed by atoms with Crippen molar-refractivity contribution in [2.75, 3.05) is 6.54 Å². The van der Waals surface area contributed by atoms with E-state index in [4.69, 9.17) is 0 Å². The quantitative estimate of drug-likeness (QED) is 0.394. The molecule has 1 amide bonds. The summed E-state index contributed by atoms with van der Waals surface area (Å²) in [5, 5.41) is 7.59. The van der Waals surface area contributed by atoms with Gasteiger partial charge in [-0.1, -0.05) is 43.7 Å². The van der Waals surface area contributed by atoms with Gasteiger partial charge in [0, 0.05) is 38.2 Å². The number of H-pyrrole nitrogens is 1. The molecule has 10 nitrogen and oxygen atoms in total. The summed E-state index contributed by atoms with van der Waals surface area (Å²) in [5.74, 6) is 0.578. The normalized spacial score (nSPS) is 16.5. The van der Waals surface area contributed by atoms with E-state index < -0.39 is 0 Å². The van der Waals surface area contributed by atoms with E-state index in [0.717, 1.165) is 17.5 Å². The molecule has 5 rings (SSSR count). The van der Waals surface area contributed by atoms with E-state index in [-0.39, 0.29) is 29.1 Å². The lowest BCUT2D eigenvalue weighted by Gasteiger charge is -2.23. The van der Waals surface area contributed by atoms with Crippen molar-refractivity contribution in [3.05, 3.63) is 68.6 Å². The van der Waals surface area contributed by atoms with Crippen LogP contribution in [-0.2, 0) is 17.9 Å². The summed E-state index contributed by atoms with van der Waals surface area (Å²) < 4.78 is 4.72. The largest absolute Gasteiger partial charge is 0.356 e. The fourth-order valence-corrected chi connectivity index (χ4v) is 5.11. The van der Waals surface area contributed by atoms with Gasteiger partial charge in [-0.25, -0.2) is 9.78 Å². The van der Waals surface area contributed by atoms with Crippen LogP contribution in [0.2, 0.25) is 0 Å². The number of aromatic amines is 1. The summed E-state index contributed by atoms with van der Waals surface area (Å²) in [4.78, 5) is 45.9. The molecule has 1 aliphatic heterocycles. The molecule has 2 unspecified atom stereocenters. The Morgan fingerprint density at radius 3 is 2.58 bits per heavy atom. The molecule has 2 atom stereocenters. The van der Waals surface area contributed by atoms with Gasteiger partial charge in [-0.3, -0.25) is 23.4 Å². The van der Waals surface area contributed by atoms with Gasteiger partial charge in [0.2, 0.25) is 5.91 Å². The number of nitrogens with zero attached hydrogens (tertiary/aromatic N) is 5. The van der Waals surface area contributed by atoms with Gasteiger partial charge in [0.1, 0.15) is 11.3 Å². The molecule has 4 aromatic rings. The fraction of sp³-hybridized carbons (Fsp3) is 0.423. The van der Waals surface area contributed by atoms with Crippen LogP contribution in [0.15, 0.2) is 46.2 Å². The predicted molar refractivity (Wildman–Crippen MR) is 137 cm³/mol. The second-order valence-corrected chi connectivity index (χ2v) is 9.51. The number of nitrogens with one attached hydrogen (secondary N) is 2. The molecule has 1 fully saturated rings. The molecular weight excluding hydrogens is 458 g/mol. The molecule has 1 aromatic carbocycles. The van der Waals surface area contributed by atoms with Crippen LogP contribution in [-0.4, -0.2) is 41.3 Å². The molecule has 10 heteroatoms. The van der Waals surface area contributed by atoms with Crippen molar-refractivity contribution in [2.45, 2.75) is 59.2 Å². The molecule has 0 spiro atoms. The summed E-state index contributed by atoms with van der Waals surface area (Å²) in [6.45, 7) is 7.38. The van der Waals surface area contributed by atoms with Crippen molar-refractivity contribution in [3.8, 4) is 11.4 Å². The predicted octanol–water partition coefficient (Wildman–Crippen LogP) is 2.60. The third kappa shape index (κ3) is 4.16. The Morgan fingerprint density at radius 1 is 1.11 bits per heavy atom. The fourth-order valence-electron chi connectivity index (χ4n) is 5.11. The van der Waals surface area contributed by atoms with Crippen molar-refractivity contribution < 1.29 is 4.79 Å². The monoisotopic (exact) mass is 489 g/mol. The minimum Gasteiger partial charge on any atom is -0.356 e. The smallest absolute Gasteiger partial charge is 0.332 e. The summed E-state index contributed by atoms with van der Waals surface area (Å²) >= 11 is 0. The van der Waals surface area contributed by atoms with Crippen LogP contribution in [0.5, 0.6) is 0 Å². The summed E-state index contributed by atoms with van der Waals surface area (Å²) in [7, 11) is 0. The number of aryl methyl sites for hydroxylation is 2. The number of carbonyl (C=O) groups is 1. The standard InChI is InChI=1S/C26H31N7O3/c1-4-9-31-24-21(25(35)32(10-5-2)26(31)36)29-23(30-24)19-14-28-33(15-19)22(18-12-20(34)27-13-18)17-8-6-7-16(3)11-17/h6-8,11,14-15,18,22H,4-5,9-10,12-13H2,1-3H3,(H,27,34)(H,29,30). The van der Waals surface area contributed by atoms with Gasteiger partial charge in [-0.2, -0.15) is 5.10 Å². The molecule has 188 valence electrons. The second kappa shape index (κ2) is 9.60. The Labute approximate surface area is 208 Å². The molecule has 36 heavy (non-hydrogen) atoms. The van der Waals surface area contributed by atoms with Crippen LogP contribution >= 0.6 is 0 Å². The maximum absolute atomic E-state index is 13.1. The van der Waals surface area contributed by atoms with Crippen molar-refractivity contribution in [1.29, 1.82) is 0 Å². The van der Waals surface area contributed by atoms with E-state index >= 15 is 0 Å². The first kappa shape index (κ1) is 23.8. The number of hydrogen-bond donors (Lipinski definition) is 2. The van der Waals surface area contributed by atoms with E-state index in [1.165, 1.54) is 4.57 Å². The number of imidazole rings is 1. The van der Waals surface area contributed by atoms with Crippen molar-refractivity contribution in [3.63, 3.8) is 0 Å². The highest BCUT2D eigenvalue weighted by Gasteiger charge is 2.32. The van der Waals surface area contributed by atoms with Crippen molar-refractivity contribution in [1.82, 2.24) is 34.2 Å². The third-order valence-corrected chi connectivity index (χ3v) is 6.75. The molecular formula is C26H31N7O3. The van der Waals surface area contributed by atoms with E-state index in [2.05, 4.69) is 32.5 Å². The lowest BCUT2D eigenvalue weighted by Crippen LogP contribution is -2.40. The third-order valence-electron chi connectivity index (χ3n) is 6.75. The molecule has 0 saturated carbocycles.